The van der Waals surface area contributed by atoms with E-state index in [0.29, 0.717) is 16.3 Å². The van der Waals surface area contributed by atoms with E-state index in [0.717, 1.165) is 0 Å². The molecule has 0 fully saturated rings. The Morgan fingerprint density at radius 2 is 2.00 bits per heavy atom. The van der Waals surface area contributed by atoms with Gasteiger partial charge in [0.05, 0.1) is 28.0 Å². The highest BCUT2D eigenvalue weighted by atomic mass is 35.5. The smallest absolute Gasteiger partial charge is 0.142 e. The first-order chi connectivity index (χ1) is 8.93. The molecule has 1 atom stereocenters. The van der Waals surface area contributed by atoms with E-state index in [1.165, 1.54) is 12.3 Å². The summed E-state index contributed by atoms with van der Waals surface area (Å²) in [6.45, 7) is 3.93. The van der Waals surface area contributed by atoms with Gasteiger partial charge in [-0.2, -0.15) is 5.10 Å². The van der Waals surface area contributed by atoms with E-state index in [9.17, 15) is 4.39 Å². The Kier molecular flexibility index (Phi) is 4.13. The number of aromatic nitrogens is 2. The van der Waals surface area contributed by atoms with Crippen molar-refractivity contribution in [3.8, 4) is 0 Å². The van der Waals surface area contributed by atoms with Gasteiger partial charge in [0.2, 0.25) is 0 Å². The average Bonchev–Trinajstić information content (AvgIpc) is 2.74. The molecule has 1 heterocycles. The quantitative estimate of drug-likeness (QED) is 0.932. The van der Waals surface area contributed by atoms with Gasteiger partial charge in [0.15, 0.2) is 0 Å². The highest BCUT2D eigenvalue weighted by Gasteiger charge is 2.22. The van der Waals surface area contributed by atoms with Gasteiger partial charge < -0.3 is 5.73 Å². The summed E-state index contributed by atoms with van der Waals surface area (Å²) in [4.78, 5) is 0. The van der Waals surface area contributed by atoms with E-state index in [1.54, 1.807) is 16.8 Å². The van der Waals surface area contributed by atoms with Crippen molar-refractivity contribution in [2.45, 2.75) is 25.9 Å². The minimum absolute atomic E-state index is 0.0163. The number of nitrogens with two attached hydrogens (primary N) is 1. The van der Waals surface area contributed by atoms with Gasteiger partial charge in [-0.3, -0.25) is 4.68 Å². The second-order valence-corrected chi connectivity index (χ2v) is 5.32. The molecule has 2 N–H and O–H groups in total. The maximum Gasteiger partial charge on any atom is 0.142 e. The minimum Gasteiger partial charge on any atom is -0.319 e. The van der Waals surface area contributed by atoms with Crippen molar-refractivity contribution in [2.24, 2.45) is 5.73 Å². The summed E-state index contributed by atoms with van der Waals surface area (Å²) in [7, 11) is 0. The van der Waals surface area contributed by atoms with Crippen molar-refractivity contribution in [3.05, 3.63) is 51.5 Å². The zero-order chi connectivity index (χ0) is 14.2. The van der Waals surface area contributed by atoms with Crippen LogP contribution >= 0.6 is 23.2 Å². The fraction of sp³-hybridized carbons (Fsp3) is 0.308. The molecule has 19 heavy (non-hydrogen) atoms. The Morgan fingerprint density at radius 1 is 1.32 bits per heavy atom. The van der Waals surface area contributed by atoms with Crippen molar-refractivity contribution in [2.75, 3.05) is 0 Å². The Labute approximate surface area is 121 Å². The lowest BCUT2D eigenvalue weighted by Crippen LogP contribution is -2.19. The predicted molar refractivity (Wildman–Crippen MR) is 75.1 cm³/mol. The maximum absolute atomic E-state index is 13.5. The van der Waals surface area contributed by atoms with Gasteiger partial charge in [-0.1, -0.05) is 35.3 Å². The zero-order valence-electron chi connectivity index (χ0n) is 10.6. The number of benzene rings is 1. The standard InChI is InChI=1S/C13H14Cl2FN3/c1-7(2)19-13(9(14)6-18-19)12(17)8-4-3-5-10(16)11(8)15/h3-7,12H,17H2,1-2H3. The molecule has 1 aromatic carbocycles. The molecule has 0 radical (unpaired) electrons. The minimum atomic E-state index is -0.624. The van der Waals surface area contributed by atoms with Gasteiger partial charge >= 0.3 is 0 Å². The third-order valence-electron chi connectivity index (χ3n) is 2.89. The summed E-state index contributed by atoms with van der Waals surface area (Å²) < 4.78 is 15.2. The molecule has 1 aromatic heterocycles. The lowest BCUT2D eigenvalue weighted by Gasteiger charge is -2.18. The molecule has 0 amide bonds. The highest BCUT2D eigenvalue weighted by molar-refractivity contribution is 6.32. The number of rotatable bonds is 3. The number of hydrogen-bond donors (Lipinski definition) is 1. The molecule has 0 bridgehead atoms. The predicted octanol–water partition coefficient (Wildman–Crippen LogP) is 3.96. The molecule has 1 unspecified atom stereocenters. The van der Waals surface area contributed by atoms with E-state index in [4.69, 9.17) is 28.9 Å². The van der Waals surface area contributed by atoms with Gasteiger partial charge in [-0.25, -0.2) is 4.39 Å². The summed E-state index contributed by atoms with van der Waals surface area (Å²) in [5, 5.41) is 4.64. The van der Waals surface area contributed by atoms with E-state index in [-0.39, 0.29) is 11.1 Å². The molecule has 0 aliphatic carbocycles. The third-order valence-corrected chi connectivity index (χ3v) is 3.58. The average molecular weight is 302 g/mol. The summed E-state index contributed by atoms with van der Waals surface area (Å²) in [6, 6.07) is 4.02. The molecule has 2 aromatic rings. The first-order valence-corrected chi connectivity index (χ1v) is 6.61. The monoisotopic (exact) mass is 301 g/mol. The van der Waals surface area contributed by atoms with Crippen LogP contribution in [-0.4, -0.2) is 9.78 Å². The first kappa shape index (κ1) is 14.3. The Hall–Kier alpha value is -1.10. The second-order valence-electron chi connectivity index (χ2n) is 4.54. The summed E-state index contributed by atoms with van der Waals surface area (Å²) in [5.41, 5.74) is 7.29. The fourth-order valence-corrected chi connectivity index (χ4v) is 2.45. The third kappa shape index (κ3) is 2.61. The van der Waals surface area contributed by atoms with Crippen LogP contribution < -0.4 is 5.73 Å². The van der Waals surface area contributed by atoms with Crippen LogP contribution in [0.3, 0.4) is 0 Å². The van der Waals surface area contributed by atoms with E-state index >= 15 is 0 Å². The molecule has 0 spiro atoms. The van der Waals surface area contributed by atoms with Crippen LogP contribution in [0.25, 0.3) is 0 Å². The Morgan fingerprint density at radius 3 is 2.63 bits per heavy atom. The Bertz CT molecular complexity index is 596. The van der Waals surface area contributed by atoms with Crippen molar-refractivity contribution >= 4 is 23.2 Å². The van der Waals surface area contributed by atoms with Crippen LogP contribution in [-0.2, 0) is 0 Å². The van der Waals surface area contributed by atoms with Crippen LogP contribution in [0.5, 0.6) is 0 Å². The topological polar surface area (TPSA) is 43.8 Å². The summed E-state index contributed by atoms with van der Waals surface area (Å²) >= 11 is 12.1. The largest absolute Gasteiger partial charge is 0.319 e. The lowest BCUT2D eigenvalue weighted by atomic mass is 10.0. The molecule has 0 aliphatic rings. The second kappa shape index (κ2) is 5.49. The summed E-state index contributed by atoms with van der Waals surface area (Å²) in [6.07, 6.45) is 1.53. The fourth-order valence-electron chi connectivity index (χ4n) is 1.96. The van der Waals surface area contributed by atoms with Crippen LogP contribution in [0.1, 0.15) is 37.2 Å². The van der Waals surface area contributed by atoms with Gasteiger partial charge in [-0.05, 0) is 25.5 Å². The molecular weight excluding hydrogens is 288 g/mol. The molecule has 6 heteroatoms. The van der Waals surface area contributed by atoms with E-state index < -0.39 is 11.9 Å². The SMILES string of the molecule is CC(C)n1ncc(Cl)c1C(N)c1cccc(F)c1Cl. The first-order valence-electron chi connectivity index (χ1n) is 5.86. The number of halogens is 3. The van der Waals surface area contributed by atoms with Crippen LogP contribution in [0, 0.1) is 5.82 Å². The lowest BCUT2D eigenvalue weighted by molar-refractivity contribution is 0.499. The molecule has 3 nitrogen and oxygen atoms in total. The number of hydrogen-bond acceptors (Lipinski definition) is 2. The summed E-state index contributed by atoms with van der Waals surface area (Å²) in [5.74, 6) is -0.499. The molecule has 0 saturated heterocycles. The normalized spacial score (nSPS) is 13.0. The van der Waals surface area contributed by atoms with Crippen LogP contribution in [0.2, 0.25) is 10.0 Å². The van der Waals surface area contributed by atoms with Crippen LogP contribution in [0.15, 0.2) is 24.4 Å². The van der Waals surface area contributed by atoms with Crippen LogP contribution in [0.4, 0.5) is 4.39 Å². The van der Waals surface area contributed by atoms with Gasteiger partial charge in [0, 0.05) is 6.04 Å². The van der Waals surface area contributed by atoms with E-state index in [2.05, 4.69) is 5.10 Å². The van der Waals surface area contributed by atoms with Gasteiger partial charge in [-0.15, -0.1) is 0 Å². The van der Waals surface area contributed by atoms with Crippen molar-refractivity contribution in [3.63, 3.8) is 0 Å². The van der Waals surface area contributed by atoms with Gasteiger partial charge in [0.25, 0.3) is 0 Å². The molecule has 102 valence electrons. The van der Waals surface area contributed by atoms with E-state index in [1.807, 2.05) is 13.8 Å². The van der Waals surface area contributed by atoms with Crippen molar-refractivity contribution < 1.29 is 4.39 Å². The number of nitrogens with zero attached hydrogens (tertiary/aromatic N) is 2. The maximum atomic E-state index is 13.5. The zero-order valence-corrected chi connectivity index (χ0v) is 12.1. The van der Waals surface area contributed by atoms with Crippen molar-refractivity contribution in [1.82, 2.24) is 9.78 Å². The molecule has 2 rings (SSSR count). The van der Waals surface area contributed by atoms with Crippen molar-refractivity contribution in [1.29, 1.82) is 0 Å². The Balaban J connectivity index is 2.53. The molecule has 0 aliphatic heterocycles. The molecule has 0 saturated carbocycles. The highest BCUT2D eigenvalue weighted by Crippen LogP contribution is 2.32. The van der Waals surface area contributed by atoms with Gasteiger partial charge in [0.1, 0.15) is 5.82 Å². The molecular formula is C13H14Cl2FN3.